The third-order valence-electron chi connectivity index (χ3n) is 4.92. The monoisotopic (exact) mass is 523 g/mol. The highest BCUT2D eigenvalue weighted by Gasteiger charge is 2.31. The molecule has 0 spiro atoms. The lowest BCUT2D eigenvalue weighted by molar-refractivity contribution is -0.144. The molecule has 0 bridgehead atoms. The van der Waals surface area contributed by atoms with Gasteiger partial charge < -0.3 is 32.9 Å². The molecule has 2 unspecified atom stereocenters. The van der Waals surface area contributed by atoms with Gasteiger partial charge in [-0.15, -0.1) is 0 Å². The topological polar surface area (TPSA) is 111 Å². The molecule has 0 saturated heterocycles. The van der Waals surface area contributed by atoms with E-state index in [1.807, 2.05) is 30.4 Å². The van der Waals surface area contributed by atoms with E-state index < -0.39 is 19.5 Å². The van der Waals surface area contributed by atoms with E-state index in [9.17, 15) is 9.36 Å². The van der Waals surface area contributed by atoms with E-state index in [1.165, 1.54) is 21.1 Å². The van der Waals surface area contributed by atoms with Crippen LogP contribution < -0.4 is 28.6 Å². The summed E-state index contributed by atoms with van der Waals surface area (Å²) in [6.45, 7) is 3.43. The molecular weight excluding hydrogens is 489 g/mol. The Labute approximate surface area is 211 Å². The molecule has 2 aromatic rings. The average Bonchev–Trinajstić information content (AvgIpc) is 2.86. The molecular formula is C25H34NO9P. The molecule has 0 radical (unpaired) electrons. The van der Waals surface area contributed by atoms with E-state index in [0.717, 1.165) is 11.1 Å². The van der Waals surface area contributed by atoms with Crippen LogP contribution in [0.4, 0.5) is 0 Å². The predicted octanol–water partition coefficient (Wildman–Crippen LogP) is 4.61. The summed E-state index contributed by atoms with van der Waals surface area (Å²) in [5.74, 6) is 1.58. The second-order valence-electron chi connectivity index (χ2n) is 7.49. The molecule has 1 N–H and O–H groups in total. The van der Waals surface area contributed by atoms with Gasteiger partial charge in [-0.05, 0) is 49.2 Å². The van der Waals surface area contributed by atoms with E-state index in [2.05, 4.69) is 5.09 Å². The number of benzene rings is 2. The summed E-state index contributed by atoms with van der Waals surface area (Å²) >= 11 is 0. The zero-order valence-corrected chi connectivity index (χ0v) is 22.5. The Morgan fingerprint density at radius 1 is 0.889 bits per heavy atom. The summed E-state index contributed by atoms with van der Waals surface area (Å²) in [5.41, 5.74) is 1.54. The van der Waals surface area contributed by atoms with Crippen molar-refractivity contribution in [2.24, 2.45) is 0 Å². The molecule has 0 saturated carbocycles. The maximum atomic E-state index is 13.5. The quantitative estimate of drug-likeness (QED) is 0.214. The molecule has 0 aliphatic rings. The number of rotatable bonds is 14. The molecule has 198 valence electrons. The first-order chi connectivity index (χ1) is 17.2. The van der Waals surface area contributed by atoms with Crippen LogP contribution in [-0.2, 0) is 18.8 Å². The van der Waals surface area contributed by atoms with E-state index >= 15 is 0 Å². The first-order valence-corrected chi connectivity index (χ1v) is 12.9. The van der Waals surface area contributed by atoms with Gasteiger partial charge in [0.2, 0.25) is 5.75 Å². The second kappa shape index (κ2) is 13.8. The minimum Gasteiger partial charge on any atom is -0.493 e. The van der Waals surface area contributed by atoms with Crippen molar-refractivity contribution in [2.45, 2.75) is 19.9 Å². The number of hydrogen-bond donors (Lipinski definition) is 1. The zero-order valence-electron chi connectivity index (χ0n) is 21.7. The van der Waals surface area contributed by atoms with Crippen molar-refractivity contribution in [2.75, 3.05) is 48.5 Å². The number of hydrogen-bond acceptors (Lipinski definition) is 9. The highest BCUT2D eigenvalue weighted by atomic mass is 31.2. The summed E-state index contributed by atoms with van der Waals surface area (Å²) < 4.78 is 51.0. The van der Waals surface area contributed by atoms with Crippen molar-refractivity contribution in [3.8, 4) is 28.7 Å². The molecule has 36 heavy (non-hydrogen) atoms. The van der Waals surface area contributed by atoms with Gasteiger partial charge in [-0.3, -0.25) is 9.36 Å². The Morgan fingerprint density at radius 2 is 1.47 bits per heavy atom. The SMILES string of the molecule is CCOC(=O)C(C)NP(=O)(COC)Oc1cc(/C=C\c2cc(OC)c(OC)c(OC)c2)ccc1OC. The Kier molecular flexibility index (Phi) is 11.1. The van der Waals surface area contributed by atoms with Crippen LogP contribution in [0.25, 0.3) is 12.2 Å². The molecule has 0 aliphatic heterocycles. The van der Waals surface area contributed by atoms with E-state index in [0.29, 0.717) is 23.0 Å². The molecule has 10 nitrogen and oxygen atoms in total. The number of carbonyl (C=O) groups is 1. The lowest BCUT2D eigenvalue weighted by Crippen LogP contribution is -2.35. The van der Waals surface area contributed by atoms with Crippen LogP contribution in [-0.4, -0.2) is 60.5 Å². The molecule has 0 aromatic heterocycles. The highest BCUT2D eigenvalue weighted by molar-refractivity contribution is 7.57. The number of esters is 1. The van der Waals surface area contributed by atoms with Crippen LogP contribution in [0.15, 0.2) is 30.3 Å². The third-order valence-corrected chi connectivity index (χ3v) is 6.79. The normalized spacial score (nSPS) is 13.5. The highest BCUT2D eigenvalue weighted by Crippen LogP contribution is 2.47. The van der Waals surface area contributed by atoms with Crippen LogP contribution in [0.1, 0.15) is 25.0 Å². The fraction of sp³-hybridized carbons (Fsp3) is 0.400. The van der Waals surface area contributed by atoms with E-state index in [4.69, 9.17) is 32.9 Å². The number of nitrogens with one attached hydrogen (secondary N) is 1. The van der Waals surface area contributed by atoms with Crippen LogP contribution in [0, 0.1) is 0 Å². The predicted molar refractivity (Wildman–Crippen MR) is 137 cm³/mol. The van der Waals surface area contributed by atoms with Crippen LogP contribution in [0.2, 0.25) is 0 Å². The van der Waals surface area contributed by atoms with Crippen molar-refractivity contribution in [3.05, 3.63) is 41.5 Å². The number of carbonyl (C=O) groups excluding carboxylic acids is 1. The third kappa shape index (κ3) is 7.65. The molecule has 0 fully saturated rings. The molecule has 2 rings (SSSR count). The minimum absolute atomic E-state index is 0.203. The maximum absolute atomic E-state index is 13.5. The summed E-state index contributed by atoms with van der Waals surface area (Å²) in [6.07, 6.45) is 3.42. The van der Waals surface area contributed by atoms with Crippen LogP contribution >= 0.6 is 7.52 Å². The minimum atomic E-state index is -3.67. The molecule has 0 amide bonds. The van der Waals surface area contributed by atoms with Gasteiger partial charge in [0, 0.05) is 7.11 Å². The Balaban J connectivity index is 2.36. The van der Waals surface area contributed by atoms with Crippen molar-refractivity contribution in [1.29, 1.82) is 0 Å². The summed E-state index contributed by atoms with van der Waals surface area (Å²) in [5, 5.41) is 2.71. The maximum Gasteiger partial charge on any atom is 0.342 e. The van der Waals surface area contributed by atoms with Crippen molar-refractivity contribution in [1.82, 2.24) is 5.09 Å². The van der Waals surface area contributed by atoms with Crippen LogP contribution in [0.5, 0.6) is 28.7 Å². The van der Waals surface area contributed by atoms with Gasteiger partial charge in [0.15, 0.2) is 23.0 Å². The average molecular weight is 524 g/mol. The first-order valence-electron chi connectivity index (χ1n) is 11.1. The standard InChI is InChI=1S/C25H34NO9P/c1-8-34-25(27)17(2)26-36(28,16-29-3)35-21-13-18(11-12-20(21)30-4)9-10-19-14-22(31-5)24(33-7)23(15-19)32-6/h9-15,17H,8,16H2,1-7H3,(H,26,28)/b10-9-. The van der Waals surface area contributed by atoms with Gasteiger partial charge in [-0.25, -0.2) is 5.09 Å². The van der Waals surface area contributed by atoms with Crippen LogP contribution in [0.3, 0.4) is 0 Å². The Hall–Kier alpha value is -3.20. The molecule has 0 heterocycles. The summed E-state index contributed by atoms with van der Waals surface area (Å²) in [6, 6.07) is 7.93. The Morgan fingerprint density at radius 3 is 2.00 bits per heavy atom. The van der Waals surface area contributed by atoms with Gasteiger partial charge in [-0.1, -0.05) is 18.2 Å². The molecule has 2 atom stereocenters. The summed E-state index contributed by atoms with van der Waals surface area (Å²) in [7, 11) is 3.84. The van der Waals surface area contributed by atoms with Gasteiger partial charge in [0.05, 0.1) is 35.0 Å². The largest absolute Gasteiger partial charge is 0.493 e. The van der Waals surface area contributed by atoms with E-state index in [1.54, 1.807) is 40.4 Å². The number of ether oxygens (including phenoxy) is 6. The van der Waals surface area contributed by atoms with Gasteiger partial charge in [0.25, 0.3) is 0 Å². The van der Waals surface area contributed by atoms with Crippen molar-refractivity contribution >= 4 is 25.6 Å². The molecule has 2 aromatic carbocycles. The fourth-order valence-electron chi connectivity index (χ4n) is 3.29. The summed E-state index contributed by atoms with van der Waals surface area (Å²) in [4.78, 5) is 12.0. The van der Waals surface area contributed by atoms with Gasteiger partial charge in [-0.2, -0.15) is 0 Å². The van der Waals surface area contributed by atoms with Gasteiger partial charge in [0.1, 0.15) is 12.4 Å². The van der Waals surface area contributed by atoms with E-state index in [-0.39, 0.29) is 18.7 Å². The second-order valence-corrected chi connectivity index (χ2v) is 9.53. The smallest absolute Gasteiger partial charge is 0.342 e. The number of methoxy groups -OCH3 is 5. The van der Waals surface area contributed by atoms with Gasteiger partial charge >= 0.3 is 13.5 Å². The lowest BCUT2D eigenvalue weighted by Gasteiger charge is -2.23. The Bertz CT molecular complexity index is 1080. The van der Waals surface area contributed by atoms with Crippen molar-refractivity contribution < 1.29 is 42.3 Å². The fourth-order valence-corrected chi connectivity index (χ4v) is 4.97. The molecule has 0 aliphatic carbocycles. The first kappa shape index (κ1) is 29.0. The zero-order chi connectivity index (χ0) is 26.7. The molecule has 11 heteroatoms. The van der Waals surface area contributed by atoms with Crippen molar-refractivity contribution in [3.63, 3.8) is 0 Å². The lowest BCUT2D eigenvalue weighted by atomic mass is 10.1.